The maximum absolute atomic E-state index is 9.78. The molecular formula is C4H6KNO3. The fraction of sp³-hybridized carbons (Fsp3) is 0. The van der Waals surface area contributed by atoms with Crippen LogP contribution in [0, 0.1) is 0 Å². The molecule has 0 atom stereocenters. The Balaban J connectivity index is -0.000000245. The number of carbonyl (C=O) groups is 2. The largest absolute Gasteiger partial charge is 1.00 e. The van der Waals surface area contributed by atoms with Crippen molar-refractivity contribution < 1.29 is 67.5 Å². The third-order valence-corrected chi connectivity index (χ3v) is 0.390. The SMILES string of the molecule is NC(=O)/C=C\C(=O)O.[H-].[K+]. The third-order valence-electron chi connectivity index (χ3n) is 0.390. The van der Waals surface area contributed by atoms with Crippen LogP contribution < -0.4 is 57.1 Å². The van der Waals surface area contributed by atoms with Crippen molar-refractivity contribution in [2.45, 2.75) is 0 Å². The van der Waals surface area contributed by atoms with Crippen molar-refractivity contribution in [2.24, 2.45) is 5.73 Å². The zero-order chi connectivity index (χ0) is 6.57. The maximum atomic E-state index is 9.78. The molecule has 0 unspecified atom stereocenters. The van der Waals surface area contributed by atoms with Gasteiger partial charge in [0.25, 0.3) is 0 Å². The van der Waals surface area contributed by atoms with Crippen molar-refractivity contribution in [1.29, 1.82) is 0 Å². The topological polar surface area (TPSA) is 80.4 Å². The summed E-state index contributed by atoms with van der Waals surface area (Å²) in [5.74, 6) is -1.93. The zero-order valence-corrected chi connectivity index (χ0v) is 8.12. The molecule has 0 aromatic carbocycles. The molecule has 0 bridgehead atoms. The fourth-order valence-electron chi connectivity index (χ4n) is 0.153. The number of amides is 1. The molecular weight excluding hydrogens is 149 g/mol. The van der Waals surface area contributed by atoms with E-state index in [1.807, 2.05) is 0 Å². The molecule has 0 aliphatic carbocycles. The fourth-order valence-corrected chi connectivity index (χ4v) is 0.153. The number of rotatable bonds is 2. The van der Waals surface area contributed by atoms with Crippen LogP contribution in [0.15, 0.2) is 12.2 Å². The second-order valence-electron chi connectivity index (χ2n) is 1.07. The summed E-state index contributed by atoms with van der Waals surface area (Å²) < 4.78 is 0. The molecule has 1 amide bonds. The first-order chi connectivity index (χ1) is 3.63. The van der Waals surface area contributed by atoms with Gasteiger partial charge in [-0.1, -0.05) is 0 Å². The average Bonchev–Trinajstić information content (AvgIpc) is 1.61. The van der Waals surface area contributed by atoms with Crippen LogP contribution in [0.25, 0.3) is 0 Å². The van der Waals surface area contributed by atoms with E-state index < -0.39 is 11.9 Å². The molecule has 0 aromatic rings. The first kappa shape index (κ1) is 12.0. The van der Waals surface area contributed by atoms with Gasteiger partial charge in [-0.15, -0.1) is 0 Å². The van der Waals surface area contributed by atoms with E-state index >= 15 is 0 Å². The molecule has 0 saturated carbocycles. The summed E-state index contributed by atoms with van der Waals surface area (Å²) in [5, 5.41) is 7.87. The summed E-state index contributed by atoms with van der Waals surface area (Å²) in [6, 6.07) is 0. The van der Waals surface area contributed by atoms with Crippen LogP contribution in [-0.4, -0.2) is 17.0 Å². The van der Waals surface area contributed by atoms with E-state index in [9.17, 15) is 9.59 Å². The average molecular weight is 155 g/mol. The number of hydrogen-bond donors (Lipinski definition) is 2. The van der Waals surface area contributed by atoms with Crippen LogP contribution in [0.5, 0.6) is 0 Å². The number of carboxylic acids is 1. The molecule has 3 N–H and O–H groups in total. The number of hydrogen-bond acceptors (Lipinski definition) is 2. The first-order valence-corrected chi connectivity index (χ1v) is 1.83. The molecule has 0 fully saturated rings. The van der Waals surface area contributed by atoms with Crippen molar-refractivity contribution in [3.63, 3.8) is 0 Å². The van der Waals surface area contributed by atoms with E-state index in [0.29, 0.717) is 6.08 Å². The summed E-state index contributed by atoms with van der Waals surface area (Å²) in [4.78, 5) is 19.4. The van der Waals surface area contributed by atoms with Gasteiger partial charge in [-0.2, -0.15) is 0 Å². The Kier molecular flexibility index (Phi) is 8.61. The molecule has 9 heavy (non-hydrogen) atoms. The molecule has 0 spiro atoms. The van der Waals surface area contributed by atoms with Crippen molar-refractivity contribution in [2.75, 3.05) is 0 Å². The molecule has 0 saturated heterocycles. The zero-order valence-electron chi connectivity index (χ0n) is 6.00. The Morgan fingerprint density at radius 1 is 1.44 bits per heavy atom. The Labute approximate surface area is 96.0 Å². The van der Waals surface area contributed by atoms with Crippen molar-refractivity contribution in [3.05, 3.63) is 12.2 Å². The summed E-state index contributed by atoms with van der Waals surface area (Å²) in [5.41, 5.74) is 4.55. The molecule has 0 aliphatic rings. The minimum Gasteiger partial charge on any atom is -1.00 e. The van der Waals surface area contributed by atoms with Crippen LogP contribution >= 0.6 is 0 Å². The maximum Gasteiger partial charge on any atom is 1.00 e. The van der Waals surface area contributed by atoms with Gasteiger partial charge >= 0.3 is 57.4 Å². The number of nitrogens with two attached hydrogens (primary N) is 1. The van der Waals surface area contributed by atoms with E-state index in [0.717, 1.165) is 6.08 Å². The summed E-state index contributed by atoms with van der Waals surface area (Å²) in [7, 11) is 0. The second kappa shape index (κ2) is 6.44. The Bertz CT molecular complexity index is 131. The van der Waals surface area contributed by atoms with Crippen molar-refractivity contribution in [1.82, 2.24) is 0 Å². The summed E-state index contributed by atoms with van der Waals surface area (Å²) >= 11 is 0. The van der Waals surface area contributed by atoms with Crippen LogP contribution in [0.2, 0.25) is 0 Å². The van der Waals surface area contributed by atoms with Crippen LogP contribution in [0.1, 0.15) is 1.43 Å². The van der Waals surface area contributed by atoms with Gasteiger partial charge in [0, 0.05) is 12.2 Å². The van der Waals surface area contributed by atoms with Gasteiger partial charge in [0.05, 0.1) is 0 Å². The predicted molar refractivity (Wildman–Crippen MR) is 27.1 cm³/mol. The van der Waals surface area contributed by atoms with Gasteiger partial charge in [0.15, 0.2) is 0 Å². The standard InChI is InChI=1S/C4H5NO3.K.H/c5-3(6)1-2-4(7)8;;/h1-2H,(H2,5,6)(H,7,8);;/q;+1;-1/b2-1-;;. The minimum absolute atomic E-state index is 0. The molecule has 4 nitrogen and oxygen atoms in total. The van der Waals surface area contributed by atoms with E-state index in [-0.39, 0.29) is 52.8 Å². The van der Waals surface area contributed by atoms with E-state index in [2.05, 4.69) is 5.73 Å². The van der Waals surface area contributed by atoms with Gasteiger partial charge < -0.3 is 12.3 Å². The molecule has 0 aliphatic heterocycles. The quantitative estimate of drug-likeness (QED) is 0.317. The molecule has 0 heterocycles. The second-order valence-corrected chi connectivity index (χ2v) is 1.07. The van der Waals surface area contributed by atoms with Crippen molar-refractivity contribution >= 4 is 11.9 Å². The smallest absolute Gasteiger partial charge is 1.00 e. The normalized spacial score (nSPS) is 8.44. The first-order valence-electron chi connectivity index (χ1n) is 1.83. The number of carbonyl (C=O) groups excluding carboxylic acids is 1. The summed E-state index contributed by atoms with van der Waals surface area (Å²) in [6.07, 6.45) is 1.46. The van der Waals surface area contributed by atoms with E-state index in [1.54, 1.807) is 0 Å². The monoisotopic (exact) mass is 155 g/mol. The summed E-state index contributed by atoms with van der Waals surface area (Å²) in [6.45, 7) is 0. The Hall–Kier alpha value is 0.316. The number of aliphatic carboxylic acids is 1. The van der Waals surface area contributed by atoms with Gasteiger partial charge in [0.2, 0.25) is 5.91 Å². The predicted octanol–water partition coefficient (Wildman–Crippen LogP) is -3.77. The van der Waals surface area contributed by atoms with Gasteiger partial charge in [-0.3, -0.25) is 4.79 Å². The van der Waals surface area contributed by atoms with E-state index in [1.165, 1.54) is 0 Å². The van der Waals surface area contributed by atoms with Gasteiger partial charge in [-0.05, 0) is 0 Å². The van der Waals surface area contributed by atoms with Crippen LogP contribution in [0.3, 0.4) is 0 Å². The van der Waals surface area contributed by atoms with Crippen LogP contribution in [-0.2, 0) is 9.59 Å². The van der Waals surface area contributed by atoms with Crippen LogP contribution in [0.4, 0.5) is 0 Å². The van der Waals surface area contributed by atoms with Gasteiger partial charge in [-0.25, -0.2) is 4.79 Å². The molecule has 46 valence electrons. The number of carboxylic acid groups (broad SMARTS) is 1. The Morgan fingerprint density at radius 3 is 2.00 bits per heavy atom. The van der Waals surface area contributed by atoms with Gasteiger partial charge in [0.1, 0.15) is 0 Å². The number of primary amides is 1. The van der Waals surface area contributed by atoms with Crippen molar-refractivity contribution in [3.8, 4) is 0 Å². The molecule has 0 radical (unpaired) electrons. The Morgan fingerprint density at radius 2 is 1.89 bits per heavy atom. The van der Waals surface area contributed by atoms with E-state index in [4.69, 9.17) is 5.11 Å². The molecule has 5 heteroatoms. The minimum atomic E-state index is -1.18. The molecule has 0 aromatic heterocycles. The third kappa shape index (κ3) is 11.7. The molecule has 0 rings (SSSR count).